The quantitative estimate of drug-likeness (QED) is 0.941. The molecular formula is C15H21N3O2S. The number of thiophene rings is 1. The molecule has 0 amide bonds. The molecule has 5 nitrogen and oxygen atoms in total. The van der Waals surface area contributed by atoms with Gasteiger partial charge in [0.1, 0.15) is 5.54 Å². The lowest BCUT2D eigenvalue weighted by Crippen LogP contribution is -2.46. The number of hydrogen-bond acceptors (Lipinski definition) is 6. The molecule has 0 atom stereocenters. The fourth-order valence-electron chi connectivity index (χ4n) is 2.80. The van der Waals surface area contributed by atoms with E-state index in [1.807, 2.05) is 18.3 Å². The summed E-state index contributed by atoms with van der Waals surface area (Å²) in [7, 11) is 0. The summed E-state index contributed by atoms with van der Waals surface area (Å²) in [5.41, 5.74) is 1.08. The summed E-state index contributed by atoms with van der Waals surface area (Å²) in [6.07, 6.45) is 1.72. The summed E-state index contributed by atoms with van der Waals surface area (Å²) in [6, 6.07) is 2.25. The molecule has 0 bridgehead atoms. The van der Waals surface area contributed by atoms with Crippen LogP contribution in [-0.4, -0.2) is 23.4 Å². The maximum Gasteiger partial charge on any atom is 0.247 e. The highest BCUT2D eigenvalue weighted by molar-refractivity contribution is 7.12. The van der Waals surface area contributed by atoms with Crippen LogP contribution in [0, 0.1) is 20.8 Å². The Morgan fingerprint density at radius 1 is 1.29 bits per heavy atom. The molecule has 0 saturated carbocycles. The Labute approximate surface area is 128 Å². The molecule has 114 valence electrons. The van der Waals surface area contributed by atoms with Gasteiger partial charge in [-0.2, -0.15) is 4.98 Å². The van der Waals surface area contributed by atoms with Crippen molar-refractivity contribution in [1.82, 2.24) is 15.5 Å². The van der Waals surface area contributed by atoms with Gasteiger partial charge in [0.25, 0.3) is 0 Å². The van der Waals surface area contributed by atoms with Gasteiger partial charge < -0.3 is 9.26 Å². The molecule has 1 aliphatic rings. The van der Waals surface area contributed by atoms with E-state index >= 15 is 0 Å². The van der Waals surface area contributed by atoms with Crippen molar-refractivity contribution in [3.63, 3.8) is 0 Å². The van der Waals surface area contributed by atoms with E-state index in [0.717, 1.165) is 32.6 Å². The maximum absolute atomic E-state index is 5.51. The Balaban J connectivity index is 1.81. The van der Waals surface area contributed by atoms with Gasteiger partial charge in [-0.1, -0.05) is 5.16 Å². The minimum Gasteiger partial charge on any atom is -0.381 e. The van der Waals surface area contributed by atoms with Crippen molar-refractivity contribution in [3.8, 4) is 0 Å². The highest BCUT2D eigenvalue weighted by Gasteiger charge is 2.39. The Morgan fingerprint density at radius 3 is 2.62 bits per heavy atom. The minimum absolute atomic E-state index is 0.262. The molecule has 0 aliphatic carbocycles. The van der Waals surface area contributed by atoms with Crippen LogP contribution >= 0.6 is 11.3 Å². The average molecular weight is 307 g/mol. The van der Waals surface area contributed by atoms with Crippen LogP contribution in [0.15, 0.2) is 10.6 Å². The van der Waals surface area contributed by atoms with Crippen LogP contribution in [-0.2, 0) is 16.8 Å². The van der Waals surface area contributed by atoms with Crippen LogP contribution in [0.3, 0.4) is 0 Å². The topological polar surface area (TPSA) is 60.2 Å². The molecule has 2 aromatic heterocycles. The van der Waals surface area contributed by atoms with E-state index in [-0.39, 0.29) is 5.54 Å². The van der Waals surface area contributed by atoms with Crippen molar-refractivity contribution in [3.05, 3.63) is 33.1 Å². The van der Waals surface area contributed by atoms with Crippen molar-refractivity contribution in [2.45, 2.75) is 45.7 Å². The van der Waals surface area contributed by atoms with Gasteiger partial charge in [0, 0.05) is 29.5 Å². The lowest BCUT2D eigenvalue weighted by molar-refractivity contribution is 0.0218. The largest absolute Gasteiger partial charge is 0.381 e. The van der Waals surface area contributed by atoms with Crippen molar-refractivity contribution in [2.24, 2.45) is 0 Å². The standard InChI is InChI=1S/C15H21N3O2S/c1-10-8-13(11(2)21-10)9-16-15(4-6-19-7-5-15)14-17-12(3)18-20-14/h8,16H,4-7,9H2,1-3H3. The Kier molecular flexibility index (Phi) is 4.10. The average Bonchev–Trinajstić information content (AvgIpc) is 3.04. The third kappa shape index (κ3) is 3.02. The van der Waals surface area contributed by atoms with Crippen molar-refractivity contribution in [1.29, 1.82) is 0 Å². The first-order valence-electron chi connectivity index (χ1n) is 7.28. The smallest absolute Gasteiger partial charge is 0.247 e. The zero-order valence-corrected chi connectivity index (χ0v) is 13.5. The first-order valence-corrected chi connectivity index (χ1v) is 8.10. The number of hydrogen-bond donors (Lipinski definition) is 1. The molecule has 6 heteroatoms. The molecule has 1 N–H and O–H groups in total. The first kappa shape index (κ1) is 14.7. The maximum atomic E-state index is 5.51. The second-order valence-electron chi connectivity index (χ2n) is 5.63. The van der Waals surface area contributed by atoms with Crippen LogP contribution in [0.5, 0.6) is 0 Å². The summed E-state index contributed by atoms with van der Waals surface area (Å²) < 4.78 is 11.0. The van der Waals surface area contributed by atoms with E-state index < -0.39 is 0 Å². The Morgan fingerprint density at radius 2 is 2.05 bits per heavy atom. The predicted octanol–water partition coefficient (Wildman–Crippen LogP) is 2.85. The second kappa shape index (κ2) is 5.87. The molecule has 0 unspecified atom stereocenters. The fraction of sp³-hybridized carbons (Fsp3) is 0.600. The summed E-state index contributed by atoms with van der Waals surface area (Å²) in [4.78, 5) is 7.16. The summed E-state index contributed by atoms with van der Waals surface area (Å²) in [6.45, 7) is 8.42. The van der Waals surface area contributed by atoms with E-state index in [9.17, 15) is 0 Å². The fourth-order valence-corrected chi connectivity index (χ4v) is 3.75. The summed E-state index contributed by atoms with van der Waals surface area (Å²) in [5.74, 6) is 1.37. The number of ether oxygens (including phenoxy) is 1. The van der Waals surface area contributed by atoms with Crippen LogP contribution in [0.4, 0.5) is 0 Å². The predicted molar refractivity (Wildman–Crippen MR) is 81.4 cm³/mol. The molecule has 1 fully saturated rings. The Bertz CT molecular complexity index is 614. The van der Waals surface area contributed by atoms with Gasteiger partial charge in [0.05, 0.1) is 0 Å². The molecular weight excluding hydrogens is 286 g/mol. The molecule has 0 spiro atoms. The number of aryl methyl sites for hydroxylation is 3. The molecule has 0 aromatic carbocycles. The SMILES string of the molecule is Cc1noc(C2(NCc3cc(C)sc3C)CCOCC2)n1. The molecule has 1 aliphatic heterocycles. The molecule has 0 radical (unpaired) electrons. The highest BCUT2D eigenvalue weighted by atomic mass is 32.1. The summed E-state index contributed by atoms with van der Waals surface area (Å²) in [5, 5.41) is 7.61. The zero-order chi connectivity index (χ0) is 14.9. The molecule has 3 rings (SSSR count). The van der Waals surface area contributed by atoms with Crippen molar-refractivity contribution < 1.29 is 9.26 Å². The highest BCUT2D eigenvalue weighted by Crippen LogP contribution is 2.32. The van der Waals surface area contributed by atoms with Gasteiger partial charge in [0.2, 0.25) is 5.89 Å². The van der Waals surface area contributed by atoms with Crippen LogP contribution in [0.1, 0.15) is 39.9 Å². The van der Waals surface area contributed by atoms with Gasteiger partial charge in [0.15, 0.2) is 5.82 Å². The first-order chi connectivity index (χ1) is 10.1. The van der Waals surface area contributed by atoms with Gasteiger partial charge >= 0.3 is 0 Å². The lowest BCUT2D eigenvalue weighted by atomic mass is 9.89. The van der Waals surface area contributed by atoms with Gasteiger partial charge in [-0.15, -0.1) is 11.3 Å². The number of nitrogens with one attached hydrogen (secondary N) is 1. The van der Waals surface area contributed by atoms with Crippen LogP contribution in [0.2, 0.25) is 0 Å². The Hall–Kier alpha value is -1.24. The van der Waals surface area contributed by atoms with Crippen LogP contribution < -0.4 is 5.32 Å². The van der Waals surface area contributed by atoms with E-state index in [4.69, 9.17) is 9.26 Å². The van der Waals surface area contributed by atoms with Gasteiger partial charge in [-0.05, 0) is 45.2 Å². The van der Waals surface area contributed by atoms with E-state index in [0.29, 0.717) is 11.7 Å². The monoisotopic (exact) mass is 307 g/mol. The summed E-state index contributed by atoms with van der Waals surface area (Å²) >= 11 is 1.84. The normalized spacial score (nSPS) is 18.0. The molecule has 1 saturated heterocycles. The third-order valence-corrected chi connectivity index (χ3v) is 5.05. The van der Waals surface area contributed by atoms with Gasteiger partial charge in [-0.25, -0.2) is 0 Å². The number of rotatable bonds is 4. The number of nitrogens with zero attached hydrogens (tertiary/aromatic N) is 2. The third-order valence-electron chi connectivity index (χ3n) is 4.04. The lowest BCUT2D eigenvalue weighted by Gasteiger charge is -2.34. The van der Waals surface area contributed by atoms with E-state index in [1.165, 1.54) is 15.3 Å². The number of aromatic nitrogens is 2. The minimum atomic E-state index is -0.262. The van der Waals surface area contributed by atoms with Crippen molar-refractivity contribution >= 4 is 11.3 Å². The van der Waals surface area contributed by atoms with Crippen molar-refractivity contribution in [2.75, 3.05) is 13.2 Å². The zero-order valence-electron chi connectivity index (χ0n) is 12.7. The molecule has 2 aromatic rings. The second-order valence-corrected chi connectivity index (χ2v) is 7.09. The van der Waals surface area contributed by atoms with E-state index in [1.54, 1.807) is 0 Å². The van der Waals surface area contributed by atoms with E-state index in [2.05, 4.69) is 35.4 Å². The van der Waals surface area contributed by atoms with Crippen LogP contribution in [0.25, 0.3) is 0 Å². The van der Waals surface area contributed by atoms with Gasteiger partial charge in [-0.3, -0.25) is 5.32 Å². The molecule has 3 heterocycles. The molecule has 21 heavy (non-hydrogen) atoms.